The van der Waals surface area contributed by atoms with Gasteiger partial charge in [-0.25, -0.2) is 0 Å². The van der Waals surface area contributed by atoms with Gasteiger partial charge < -0.3 is 14.9 Å². The lowest BCUT2D eigenvalue weighted by Gasteiger charge is -2.36. The van der Waals surface area contributed by atoms with Crippen LogP contribution in [0.4, 0.5) is 0 Å². The highest BCUT2D eigenvalue weighted by atomic mass is 79.9. The Balaban J connectivity index is 2.07. The van der Waals surface area contributed by atoms with E-state index >= 15 is 0 Å². The van der Waals surface area contributed by atoms with E-state index in [0.29, 0.717) is 12.6 Å². The molecule has 0 bridgehead atoms. The zero-order valence-electron chi connectivity index (χ0n) is 10.1. The van der Waals surface area contributed by atoms with Crippen molar-refractivity contribution < 1.29 is 9.15 Å². The number of nitrogens with two attached hydrogens (primary N) is 1. The maximum absolute atomic E-state index is 5.87. The highest BCUT2D eigenvalue weighted by Crippen LogP contribution is 2.26. The predicted molar refractivity (Wildman–Crippen MR) is 69.8 cm³/mol. The zero-order valence-corrected chi connectivity index (χ0v) is 11.6. The van der Waals surface area contributed by atoms with E-state index in [0.717, 1.165) is 36.5 Å². The Morgan fingerprint density at radius 1 is 1.59 bits per heavy atom. The third-order valence-electron chi connectivity index (χ3n) is 3.21. The van der Waals surface area contributed by atoms with Gasteiger partial charge in [0.1, 0.15) is 5.76 Å². The summed E-state index contributed by atoms with van der Waals surface area (Å²) in [5.41, 5.74) is 5.87. The van der Waals surface area contributed by atoms with Crippen LogP contribution < -0.4 is 5.73 Å². The standard InChI is InChI=1S/C12H19BrN2O2/c1-2-9-8-15(5-6-16-9)10(7-14)11-3-4-12(13)17-11/h3-4,9-10H,2,5-8,14H2,1H3. The van der Waals surface area contributed by atoms with Gasteiger partial charge in [0.15, 0.2) is 4.67 Å². The SMILES string of the molecule is CCC1CN(C(CN)c2ccc(Br)o2)CCO1. The van der Waals surface area contributed by atoms with Crippen molar-refractivity contribution in [2.24, 2.45) is 5.73 Å². The molecule has 1 aromatic heterocycles. The maximum Gasteiger partial charge on any atom is 0.169 e. The molecule has 4 nitrogen and oxygen atoms in total. The summed E-state index contributed by atoms with van der Waals surface area (Å²) in [6.45, 7) is 5.33. The van der Waals surface area contributed by atoms with Crippen LogP contribution in [0.1, 0.15) is 25.1 Å². The van der Waals surface area contributed by atoms with Crippen molar-refractivity contribution in [3.8, 4) is 0 Å². The first-order valence-corrected chi connectivity index (χ1v) is 6.84. The van der Waals surface area contributed by atoms with Gasteiger partial charge >= 0.3 is 0 Å². The second-order valence-electron chi connectivity index (χ2n) is 4.29. The van der Waals surface area contributed by atoms with Crippen LogP contribution in [0.5, 0.6) is 0 Å². The highest BCUT2D eigenvalue weighted by Gasteiger charge is 2.27. The molecule has 2 unspecified atom stereocenters. The molecular weight excluding hydrogens is 284 g/mol. The van der Waals surface area contributed by atoms with E-state index in [-0.39, 0.29) is 6.04 Å². The molecule has 5 heteroatoms. The molecule has 0 saturated carbocycles. The van der Waals surface area contributed by atoms with Crippen LogP contribution in [0.2, 0.25) is 0 Å². The Kier molecular flexibility index (Phi) is 4.62. The van der Waals surface area contributed by atoms with Crippen LogP contribution in [-0.2, 0) is 4.74 Å². The smallest absolute Gasteiger partial charge is 0.169 e. The predicted octanol–water partition coefficient (Wildman–Crippen LogP) is 2.15. The number of halogens is 1. The number of rotatable bonds is 4. The van der Waals surface area contributed by atoms with Crippen LogP contribution >= 0.6 is 15.9 Å². The summed E-state index contributed by atoms with van der Waals surface area (Å²) in [6.07, 6.45) is 1.35. The molecule has 1 fully saturated rings. The molecule has 17 heavy (non-hydrogen) atoms. The normalized spacial score (nSPS) is 23.8. The van der Waals surface area contributed by atoms with E-state index in [9.17, 15) is 0 Å². The lowest BCUT2D eigenvalue weighted by atomic mass is 10.1. The molecule has 96 valence electrons. The molecule has 2 N–H and O–H groups in total. The number of furan rings is 1. The molecule has 1 saturated heterocycles. The van der Waals surface area contributed by atoms with Crippen molar-refractivity contribution >= 4 is 15.9 Å². The van der Waals surface area contributed by atoms with Crippen molar-refractivity contribution in [1.29, 1.82) is 0 Å². The molecule has 1 aromatic rings. The van der Waals surface area contributed by atoms with E-state index in [4.69, 9.17) is 14.9 Å². The Bertz CT molecular complexity index is 356. The topological polar surface area (TPSA) is 51.6 Å². The fourth-order valence-corrected chi connectivity index (χ4v) is 2.54. The Hall–Kier alpha value is -0.360. The van der Waals surface area contributed by atoms with Crippen LogP contribution in [0.15, 0.2) is 21.2 Å². The molecule has 0 spiro atoms. The van der Waals surface area contributed by atoms with E-state index in [1.165, 1.54) is 0 Å². The quantitative estimate of drug-likeness (QED) is 0.926. The largest absolute Gasteiger partial charge is 0.453 e. The minimum Gasteiger partial charge on any atom is -0.453 e. The van der Waals surface area contributed by atoms with E-state index < -0.39 is 0 Å². The molecule has 1 aliphatic heterocycles. The summed E-state index contributed by atoms with van der Waals surface area (Å²) < 4.78 is 12.0. The average molecular weight is 303 g/mol. The molecule has 2 rings (SSSR count). The molecule has 0 radical (unpaired) electrons. The minimum atomic E-state index is 0.152. The summed E-state index contributed by atoms with van der Waals surface area (Å²) in [4.78, 5) is 2.35. The molecular formula is C12H19BrN2O2. The lowest BCUT2D eigenvalue weighted by molar-refractivity contribution is -0.0464. The first-order valence-electron chi connectivity index (χ1n) is 6.05. The fraction of sp³-hybridized carbons (Fsp3) is 0.667. The van der Waals surface area contributed by atoms with Gasteiger partial charge in [-0.1, -0.05) is 6.92 Å². The van der Waals surface area contributed by atoms with Gasteiger partial charge in [0.2, 0.25) is 0 Å². The molecule has 2 atom stereocenters. The molecule has 2 heterocycles. The van der Waals surface area contributed by atoms with Crippen molar-refractivity contribution in [1.82, 2.24) is 4.90 Å². The van der Waals surface area contributed by atoms with Crippen LogP contribution in [0, 0.1) is 0 Å². The first kappa shape index (κ1) is 13.1. The number of hydrogen-bond acceptors (Lipinski definition) is 4. The molecule has 0 aromatic carbocycles. The van der Waals surface area contributed by atoms with E-state index in [1.54, 1.807) is 0 Å². The number of nitrogens with zero attached hydrogens (tertiary/aromatic N) is 1. The second-order valence-corrected chi connectivity index (χ2v) is 5.07. The van der Waals surface area contributed by atoms with Gasteiger partial charge in [-0.3, -0.25) is 4.90 Å². The number of ether oxygens (including phenoxy) is 1. The first-order chi connectivity index (χ1) is 8.24. The fourth-order valence-electron chi connectivity index (χ4n) is 2.22. The van der Waals surface area contributed by atoms with Crippen molar-refractivity contribution in [3.05, 3.63) is 22.6 Å². The van der Waals surface area contributed by atoms with Crippen molar-refractivity contribution in [3.63, 3.8) is 0 Å². The average Bonchev–Trinajstić information content (AvgIpc) is 2.77. The van der Waals surface area contributed by atoms with Crippen LogP contribution in [0.3, 0.4) is 0 Å². The van der Waals surface area contributed by atoms with Gasteiger partial charge in [-0.15, -0.1) is 0 Å². The van der Waals surface area contributed by atoms with Crippen LogP contribution in [-0.4, -0.2) is 37.2 Å². The van der Waals surface area contributed by atoms with Crippen molar-refractivity contribution in [2.75, 3.05) is 26.2 Å². The zero-order chi connectivity index (χ0) is 12.3. The van der Waals surface area contributed by atoms with Gasteiger partial charge in [-0.05, 0) is 34.5 Å². The number of hydrogen-bond donors (Lipinski definition) is 1. The minimum absolute atomic E-state index is 0.152. The summed E-state index contributed by atoms with van der Waals surface area (Å²) in [5, 5.41) is 0. The Labute approximate surface area is 110 Å². The summed E-state index contributed by atoms with van der Waals surface area (Å²) >= 11 is 3.33. The van der Waals surface area contributed by atoms with E-state index in [1.807, 2.05) is 12.1 Å². The summed E-state index contributed by atoms with van der Waals surface area (Å²) in [6, 6.07) is 4.05. The van der Waals surface area contributed by atoms with Gasteiger partial charge in [0, 0.05) is 19.6 Å². The third-order valence-corrected chi connectivity index (χ3v) is 3.64. The Morgan fingerprint density at radius 3 is 3.00 bits per heavy atom. The highest BCUT2D eigenvalue weighted by molar-refractivity contribution is 9.10. The van der Waals surface area contributed by atoms with E-state index in [2.05, 4.69) is 27.8 Å². The monoisotopic (exact) mass is 302 g/mol. The van der Waals surface area contributed by atoms with Gasteiger partial charge in [-0.2, -0.15) is 0 Å². The molecule has 0 amide bonds. The van der Waals surface area contributed by atoms with Crippen LogP contribution in [0.25, 0.3) is 0 Å². The molecule has 0 aliphatic carbocycles. The second kappa shape index (κ2) is 6.00. The lowest BCUT2D eigenvalue weighted by Crippen LogP contribution is -2.45. The van der Waals surface area contributed by atoms with Gasteiger partial charge in [0.25, 0.3) is 0 Å². The molecule has 1 aliphatic rings. The number of morpholine rings is 1. The summed E-state index contributed by atoms with van der Waals surface area (Å²) in [7, 11) is 0. The third kappa shape index (κ3) is 3.10. The van der Waals surface area contributed by atoms with Crippen molar-refractivity contribution in [2.45, 2.75) is 25.5 Å². The Morgan fingerprint density at radius 2 is 2.41 bits per heavy atom. The summed E-state index contributed by atoms with van der Waals surface area (Å²) in [5.74, 6) is 0.927. The van der Waals surface area contributed by atoms with Gasteiger partial charge in [0.05, 0.1) is 18.8 Å². The maximum atomic E-state index is 5.87.